The number of hydrogen-bond acceptors (Lipinski definition) is 4. The molecule has 3 aromatic rings. The molecule has 1 fully saturated rings. The fourth-order valence-corrected chi connectivity index (χ4v) is 3.23. The molecule has 1 heterocycles. The Morgan fingerprint density at radius 2 is 1.87 bits per heavy atom. The van der Waals surface area contributed by atoms with E-state index < -0.39 is 5.97 Å². The number of benzene rings is 2. The number of aromatic nitrogens is 2. The van der Waals surface area contributed by atoms with Gasteiger partial charge in [-0.15, -0.1) is 0 Å². The molecule has 2 aromatic carbocycles. The molecule has 1 N–H and O–H groups in total. The smallest absolute Gasteiger partial charge is 0.342 e. The van der Waals surface area contributed by atoms with Gasteiger partial charge in [0.2, 0.25) is 0 Å². The molecule has 6 nitrogen and oxygen atoms in total. The molecular weight excluding hydrogens is 378 g/mol. The van der Waals surface area contributed by atoms with Crippen LogP contribution in [0.25, 0.3) is 11.3 Å². The van der Waals surface area contributed by atoms with Crippen molar-refractivity contribution in [2.45, 2.75) is 39.3 Å². The summed E-state index contributed by atoms with van der Waals surface area (Å²) >= 11 is 0. The third-order valence-electron chi connectivity index (χ3n) is 5.23. The Morgan fingerprint density at radius 1 is 1.10 bits per heavy atom. The van der Waals surface area contributed by atoms with Crippen LogP contribution >= 0.6 is 0 Å². The highest BCUT2D eigenvalue weighted by molar-refractivity contribution is 5.97. The van der Waals surface area contributed by atoms with Crippen molar-refractivity contribution in [1.82, 2.24) is 15.1 Å². The number of carbonyl (C=O) groups excluding carboxylic acids is 2. The summed E-state index contributed by atoms with van der Waals surface area (Å²) in [6, 6.07) is 16.1. The molecule has 6 heteroatoms. The monoisotopic (exact) mass is 403 g/mol. The van der Waals surface area contributed by atoms with Crippen LogP contribution in [0.4, 0.5) is 0 Å². The number of nitrogens with one attached hydrogen (secondary N) is 1. The lowest BCUT2D eigenvalue weighted by atomic mass is 10.0. The maximum absolute atomic E-state index is 12.8. The van der Waals surface area contributed by atoms with Gasteiger partial charge in [-0.3, -0.25) is 9.48 Å². The Hall–Kier alpha value is -3.41. The van der Waals surface area contributed by atoms with E-state index in [9.17, 15) is 9.59 Å². The summed E-state index contributed by atoms with van der Waals surface area (Å²) in [4.78, 5) is 24.7. The standard InChI is InChI=1S/C24H25N3O3/c1-16-8-9-19(12-17(16)2)23-21(24(29)30-15-22(28)25-20-10-11-20)14-27(26-23)13-18-6-4-3-5-7-18/h3-9,12,14,20H,10-11,13,15H2,1-2H3,(H,25,28). The van der Waals surface area contributed by atoms with Gasteiger partial charge in [-0.25, -0.2) is 4.79 Å². The van der Waals surface area contributed by atoms with Gasteiger partial charge < -0.3 is 10.1 Å². The van der Waals surface area contributed by atoms with Crippen molar-refractivity contribution in [1.29, 1.82) is 0 Å². The van der Waals surface area contributed by atoms with Crippen molar-refractivity contribution in [2.24, 2.45) is 0 Å². The summed E-state index contributed by atoms with van der Waals surface area (Å²) in [7, 11) is 0. The van der Waals surface area contributed by atoms with Gasteiger partial charge >= 0.3 is 5.97 Å². The number of ether oxygens (including phenoxy) is 1. The zero-order valence-corrected chi connectivity index (χ0v) is 17.2. The summed E-state index contributed by atoms with van der Waals surface area (Å²) in [6.45, 7) is 4.32. The van der Waals surface area contributed by atoms with E-state index in [1.807, 2.05) is 62.4 Å². The summed E-state index contributed by atoms with van der Waals surface area (Å²) in [5, 5.41) is 7.49. The highest BCUT2D eigenvalue weighted by Crippen LogP contribution is 2.25. The van der Waals surface area contributed by atoms with E-state index in [2.05, 4.69) is 10.4 Å². The van der Waals surface area contributed by atoms with Crippen LogP contribution in [0.15, 0.2) is 54.7 Å². The van der Waals surface area contributed by atoms with Gasteiger partial charge in [0, 0.05) is 17.8 Å². The maximum atomic E-state index is 12.8. The van der Waals surface area contributed by atoms with Crippen LogP contribution in [0, 0.1) is 13.8 Å². The zero-order chi connectivity index (χ0) is 21.1. The van der Waals surface area contributed by atoms with Crippen LogP contribution in [-0.2, 0) is 16.1 Å². The summed E-state index contributed by atoms with van der Waals surface area (Å²) < 4.78 is 7.03. The van der Waals surface area contributed by atoms with Gasteiger partial charge in [-0.05, 0) is 49.4 Å². The van der Waals surface area contributed by atoms with E-state index in [-0.39, 0.29) is 18.6 Å². The van der Waals surface area contributed by atoms with E-state index in [0.717, 1.165) is 29.5 Å². The number of nitrogens with zero attached hydrogens (tertiary/aromatic N) is 2. The lowest BCUT2D eigenvalue weighted by Gasteiger charge is -2.07. The lowest BCUT2D eigenvalue weighted by molar-refractivity contribution is -0.124. The number of aryl methyl sites for hydroxylation is 2. The SMILES string of the molecule is Cc1ccc(-c2nn(Cc3ccccc3)cc2C(=O)OCC(=O)NC2CC2)cc1C. The third-order valence-corrected chi connectivity index (χ3v) is 5.23. The summed E-state index contributed by atoms with van der Waals surface area (Å²) in [6.07, 6.45) is 3.67. The van der Waals surface area contributed by atoms with Crippen molar-refractivity contribution in [2.75, 3.05) is 6.61 Å². The first-order valence-electron chi connectivity index (χ1n) is 10.1. The zero-order valence-electron chi connectivity index (χ0n) is 17.2. The molecule has 0 atom stereocenters. The normalized spacial score (nSPS) is 13.1. The number of hydrogen-bond donors (Lipinski definition) is 1. The van der Waals surface area contributed by atoms with Crippen LogP contribution in [0.1, 0.15) is 39.9 Å². The minimum atomic E-state index is -0.548. The molecule has 0 aliphatic heterocycles. The molecule has 1 aliphatic rings. The van der Waals surface area contributed by atoms with Gasteiger partial charge in [0.15, 0.2) is 6.61 Å². The fourth-order valence-electron chi connectivity index (χ4n) is 3.23. The molecule has 1 saturated carbocycles. The largest absolute Gasteiger partial charge is 0.452 e. The van der Waals surface area contributed by atoms with E-state index in [1.165, 1.54) is 5.56 Å². The molecular formula is C24H25N3O3. The van der Waals surface area contributed by atoms with Crippen LogP contribution in [-0.4, -0.2) is 34.3 Å². The second kappa shape index (κ2) is 8.53. The predicted molar refractivity (Wildman–Crippen MR) is 114 cm³/mol. The second-order valence-electron chi connectivity index (χ2n) is 7.79. The maximum Gasteiger partial charge on any atom is 0.342 e. The van der Waals surface area contributed by atoms with E-state index in [0.29, 0.717) is 17.8 Å². The first-order valence-corrected chi connectivity index (χ1v) is 10.1. The molecule has 30 heavy (non-hydrogen) atoms. The number of esters is 1. The van der Waals surface area contributed by atoms with E-state index in [4.69, 9.17) is 4.74 Å². The van der Waals surface area contributed by atoms with Crippen LogP contribution in [0.2, 0.25) is 0 Å². The number of amides is 1. The molecule has 0 spiro atoms. The Morgan fingerprint density at radius 3 is 2.57 bits per heavy atom. The van der Waals surface area contributed by atoms with Crippen molar-refractivity contribution in [3.05, 3.63) is 77.0 Å². The average molecular weight is 403 g/mol. The molecule has 1 aromatic heterocycles. The van der Waals surface area contributed by atoms with Crippen LogP contribution in [0.5, 0.6) is 0 Å². The second-order valence-corrected chi connectivity index (χ2v) is 7.79. The van der Waals surface area contributed by atoms with Gasteiger partial charge in [-0.2, -0.15) is 5.10 Å². The van der Waals surface area contributed by atoms with Crippen molar-refractivity contribution >= 4 is 11.9 Å². The first-order chi connectivity index (χ1) is 14.5. The lowest BCUT2D eigenvalue weighted by Crippen LogP contribution is -2.30. The van der Waals surface area contributed by atoms with Crippen molar-refractivity contribution in [3.8, 4) is 11.3 Å². The average Bonchev–Trinajstić information content (AvgIpc) is 3.45. The molecule has 1 aliphatic carbocycles. The molecule has 4 rings (SSSR count). The Bertz CT molecular complexity index is 1070. The number of rotatable bonds is 7. The minimum Gasteiger partial charge on any atom is -0.452 e. The number of carbonyl (C=O) groups is 2. The summed E-state index contributed by atoms with van der Waals surface area (Å²) in [5.41, 5.74) is 5.13. The van der Waals surface area contributed by atoms with Crippen LogP contribution < -0.4 is 5.32 Å². The molecule has 1 amide bonds. The topological polar surface area (TPSA) is 73.2 Å². The molecule has 0 saturated heterocycles. The molecule has 154 valence electrons. The minimum absolute atomic E-state index is 0.232. The first kappa shape index (κ1) is 19.9. The van der Waals surface area contributed by atoms with E-state index >= 15 is 0 Å². The quantitative estimate of drug-likeness (QED) is 0.611. The molecule has 0 bridgehead atoms. The van der Waals surface area contributed by atoms with Crippen molar-refractivity contribution < 1.29 is 14.3 Å². The van der Waals surface area contributed by atoms with Gasteiger partial charge in [0.25, 0.3) is 5.91 Å². The van der Waals surface area contributed by atoms with Gasteiger partial charge in [-0.1, -0.05) is 42.5 Å². The Kier molecular flexibility index (Phi) is 5.65. The molecule has 0 unspecified atom stereocenters. The highest BCUT2D eigenvalue weighted by Gasteiger charge is 2.25. The van der Waals surface area contributed by atoms with Gasteiger partial charge in [0.05, 0.1) is 6.54 Å². The molecule has 0 radical (unpaired) electrons. The Labute approximate surface area is 175 Å². The third kappa shape index (κ3) is 4.76. The summed E-state index contributed by atoms with van der Waals surface area (Å²) in [5.74, 6) is -0.816. The van der Waals surface area contributed by atoms with Gasteiger partial charge in [0.1, 0.15) is 11.3 Å². The fraction of sp³-hybridized carbons (Fsp3) is 0.292. The predicted octanol–water partition coefficient (Wildman–Crippen LogP) is 3.65. The van der Waals surface area contributed by atoms with Crippen LogP contribution in [0.3, 0.4) is 0 Å². The highest BCUT2D eigenvalue weighted by atomic mass is 16.5. The van der Waals surface area contributed by atoms with E-state index in [1.54, 1.807) is 10.9 Å². The van der Waals surface area contributed by atoms with Crippen molar-refractivity contribution in [3.63, 3.8) is 0 Å². The Balaban J connectivity index is 1.59.